The van der Waals surface area contributed by atoms with Crippen LogP contribution in [0.5, 0.6) is 0 Å². The van der Waals surface area contributed by atoms with Crippen molar-refractivity contribution < 1.29 is 5.16 Å². The molecule has 0 aromatic carbocycles. The predicted octanol–water partition coefficient (Wildman–Crippen LogP) is -1.10. The summed E-state index contributed by atoms with van der Waals surface area (Å²) in [6.45, 7) is 0. The molecule has 0 aliphatic rings. The quantitative estimate of drug-likeness (QED) is 0.0820. The van der Waals surface area contributed by atoms with E-state index in [9.17, 15) is 0 Å². The Morgan fingerprint density at radius 1 is 2.00 bits per heavy atom. The highest BCUT2D eigenvalue weighted by Crippen LogP contribution is 1.48. The van der Waals surface area contributed by atoms with E-state index >= 15 is 0 Å². The van der Waals surface area contributed by atoms with Crippen molar-refractivity contribution in [2.45, 2.75) is 0 Å². The first kappa shape index (κ1) is 4.78. The number of azide groups is 1. The van der Waals surface area contributed by atoms with Crippen LogP contribution in [0.4, 0.5) is 0 Å². The van der Waals surface area contributed by atoms with Crippen LogP contribution < -0.4 is 5.16 Å². The maximum Gasteiger partial charge on any atom is 0.376 e. The number of hydrogen-bond acceptors (Lipinski definition) is 1. The first-order chi connectivity index (χ1) is 2.91. The van der Waals surface area contributed by atoms with Crippen LogP contribution in [0.3, 0.4) is 0 Å². The largest absolute Gasteiger partial charge is 0.717 e. The molecule has 32 valence electrons. The molecular weight excluding hydrogens is 84.0 g/mol. The van der Waals surface area contributed by atoms with E-state index in [1.807, 2.05) is 0 Å². The smallest absolute Gasteiger partial charge is 0.376 e. The Bertz CT molecular complexity index is 89.7. The summed E-state index contributed by atoms with van der Waals surface area (Å²) < 4.78 is 0. The summed E-state index contributed by atoms with van der Waals surface area (Å²) in [6, 6.07) is 0. The summed E-state index contributed by atoms with van der Waals surface area (Å²) in [5.41, 5.74) is 7.45. The lowest BCUT2D eigenvalue weighted by atomic mass is 11.4. The molecule has 0 bridgehead atoms. The van der Waals surface area contributed by atoms with E-state index < -0.39 is 0 Å². The third-order valence-corrected chi connectivity index (χ3v) is 0.162. The lowest BCUT2D eigenvalue weighted by Gasteiger charge is -1.67. The zero-order valence-corrected chi connectivity index (χ0v) is 2.83. The highest BCUT2D eigenvalue weighted by atomic mass is 16.4. The third-order valence-electron chi connectivity index (χ3n) is 0.162. The fraction of sp³-hybridized carbons (Fsp3) is 0. The average molecular weight is 86.1 g/mol. The van der Waals surface area contributed by atoms with Crippen LogP contribution in [0.1, 0.15) is 0 Å². The number of nitrogens with one attached hydrogen (secondary N) is 1. The van der Waals surface area contributed by atoms with Gasteiger partial charge in [-0.1, -0.05) is 0 Å². The van der Waals surface area contributed by atoms with Crippen molar-refractivity contribution >= 4 is 6.34 Å². The average Bonchev–Trinajstić information content (AvgIpc) is 1.61. The maximum absolute atomic E-state index is 9.12. The molecule has 0 heterocycles. The van der Waals surface area contributed by atoms with E-state index in [4.69, 9.17) is 10.7 Å². The van der Waals surface area contributed by atoms with Crippen LogP contribution >= 0.6 is 0 Å². The van der Waals surface area contributed by atoms with Crippen molar-refractivity contribution in [1.29, 1.82) is 0 Å². The number of nitrogens with zero attached hydrogens (tertiary/aromatic N) is 3. The molecule has 0 aliphatic heterocycles. The normalized spacial score (nSPS) is 8.00. The highest BCUT2D eigenvalue weighted by molar-refractivity contribution is 5.47. The Morgan fingerprint density at radius 2 is 2.67 bits per heavy atom. The zero-order valence-electron chi connectivity index (χ0n) is 2.83. The Hall–Kier alpha value is -1.22. The molecular formula is CH2N4O. The minimum atomic E-state index is 0.708. The second-order valence-electron chi connectivity index (χ2n) is 0.452. The van der Waals surface area contributed by atoms with Gasteiger partial charge in [0.1, 0.15) is 0 Å². The standard InChI is InChI=1S/CH2N4O/c2-5-3-1-4-6/h1,4H. The minimum absolute atomic E-state index is 0.708. The molecule has 0 radical (unpaired) electrons. The van der Waals surface area contributed by atoms with Crippen molar-refractivity contribution in [3.8, 4) is 0 Å². The van der Waals surface area contributed by atoms with Gasteiger partial charge in [-0.25, -0.2) is 0 Å². The Kier molecular flexibility index (Phi) is 3.01. The van der Waals surface area contributed by atoms with Crippen LogP contribution in [0.25, 0.3) is 10.4 Å². The predicted molar refractivity (Wildman–Crippen MR) is 19.5 cm³/mol. The first-order valence-corrected chi connectivity index (χ1v) is 1.15. The van der Waals surface area contributed by atoms with Crippen LogP contribution in [-0.2, 0) is 0 Å². The van der Waals surface area contributed by atoms with Gasteiger partial charge in [-0.3, -0.25) is 5.16 Å². The minimum Gasteiger partial charge on any atom is -0.717 e. The maximum atomic E-state index is 9.12. The van der Waals surface area contributed by atoms with Gasteiger partial charge < -0.3 is 5.21 Å². The summed E-state index contributed by atoms with van der Waals surface area (Å²) in [6.07, 6.45) is 0.708. The van der Waals surface area contributed by atoms with Crippen LogP contribution in [0.15, 0.2) is 5.11 Å². The van der Waals surface area contributed by atoms with Crippen LogP contribution in [0, 0.1) is 5.21 Å². The molecule has 0 saturated heterocycles. The van der Waals surface area contributed by atoms with Gasteiger partial charge in [0.15, 0.2) is 0 Å². The molecule has 0 amide bonds. The van der Waals surface area contributed by atoms with Crippen molar-refractivity contribution in [1.82, 2.24) is 0 Å². The van der Waals surface area contributed by atoms with Crippen LogP contribution in [0.2, 0.25) is 0 Å². The second kappa shape index (κ2) is 3.78. The van der Waals surface area contributed by atoms with E-state index in [1.54, 1.807) is 0 Å². The van der Waals surface area contributed by atoms with Crippen molar-refractivity contribution in [2.24, 2.45) is 5.11 Å². The molecule has 0 saturated carbocycles. The molecule has 0 rings (SSSR count). The summed E-state index contributed by atoms with van der Waals surface area (Å²) >= 11 is 0. The van der Waals surface area contributed by atoms with Gasteiger partial charge >= 0.3 is 11.5 Å². The zero-order chi connectivity index (χ0) is 4.83. The van der Waals surface area contributed by atoms with E-state index in [0.29, 0.717) is 6.34 Å². The summed E-state index contributed by atoms with van der Waals surface area (Å²) in [5, 5.41) is 13.1. The summed E-state index contributed by atoms with van der Waals surface area (Å²) in [4.78, 5) is 2.23. The SMILES string of the molecule is [N-]=[N+]=NC=[NH+][O-]. The van der Waals surface area contributed by atoms with Gasteiger partial charge in [0.05, 0.1) is 0 Å². The van der Waals surface area contributed by atoms with Crippen molar-refractivity contribution in [3.05, 3.63) is 15.7 Å². The van der Waals surface area contributed by atoms with Crippen LogP contribution in [-0.4, -0.2) is 6.34 Å². The Morgan fingerprint density at radius 3 is 2.83 bits per heavy atom. The Balaban J connectivity index is 3.33. The molecule has 0 aliphatic carbocycles. The molecule has 0 fully saturated rings. The van der Waals surface area contributed by atoms with E-state index in [0.717, 1.165) is 0 Å². The second-order valence-corrected chi connectivity index (χ2v) is 0.452. The van der Waals surface area contributed by atoms with Gasteiger partial charge in [0.2, 0.25) is 4.91 Å². The molecule has 0 aromatic heterocycles. The van der Waals surface area contributed by atoms with Gasteiger partial charge in [-0.15, -0.1) is 0 Å². The van der Waals surface area contributed by atoms with Crippen molar-refractivity contribution in [2.75, 3.05) is 0 Å². The van der Waals surface area contributed by atoms with E-state index in [2.05, 4.69) is 10.0 Å². The van der Waals surface area contributed by atoms with Gasteiger partial charge in [-0.05, 0) is 0 Å². The third kappa shape index (κ3) is 2.78. The highest BCUT2D eigenvalue weighted by Gasteiger charge is 1.73. The molecule has 5 heteroatoms. The number of hydrogen-bond donors (Lipinski definition) is 1. The van der Waals surface area contributed by atoms with Crippen molar-refractivity contribution in [3.63, 3.8) is 0 Å². The van der Waals surface area contributed by atoms with E-state index in [1.165, 1.54) is 5.16 Å². The number of rotatable bonds is 1. The fourth-order valence-corrected chi connectivity index (χ4v) is 0.0494. The lowest BCUT2D eigenvalue weighted by Crippen LogP contribution is -2.59. The first-order valence-electron chi connectivity index (χ1n) is 1.15. The van der Waals surface area contributed by atoms with E-state index in [-0.39, 0.29) is 0 Å². The molecule has 0 spiro atoms. The van der Waals surface area contributed by atoms with Gasteiger partial charge in [0, 0.05) is 5.53 Å². The molecule has 1 N–H and O–H groups in total. The Labute approximate surface area is 33.5 Å². The topological polar surface area (TPSA) is 85.8 Å². The molecule has 6 heavy (non-hydrogen) atoms. The van der Waals surface area contributed by atoms with Gasteiger partial charge in [0.25, 0.3) is 0 Å². The lowest BCUT2D eigenvalue weighted by molar-refractivity contribution is -0.368. The fourth-order valence-electron chi connectivity index (χ4n) is 0.0494. The molecule has 0 aromatic rings. The molecule has 0 atom stereocenters. The molecule has 0 unspecified atom stereocenters. The summed E-state index contributed by atoms with van der Waals surface area (Å²) in [5.74, 6) is 0. The van der Waals surface area contributed by atoms with Gasteiger partial charge in [-0.2, -0.15) is 0 Å². The monoisotopic (exact) mass is 86.0 g/mol. The summed E-state index contributed by atoms with van der Waals surface area (Å²) in [7, 11) is 0. The molecule has 5 nitrogen and oxygen atoms in total.